The Morgan fingerprint density at radius 1 is 1.06 bits per heavy atom. The molecule has 0 saturated heterocycles. The van der Waals surface area contributed by atoms with Gasteiger partial charge < -0.3 is 15.5 Å². The van der Waals surface area contributed by atoms with Gasteiger partial charge in [-0.05, 0) is 48.7 Å². The molecule has 1 aliphatic rings. The topological polar surface area (TPSA) is 73.8 Å². The second kappa shape index (κ2) is 11.5. The molecule has 31 heavy (non-hydrogen) atoms. The smallest absolute Gasteiger partial charge is 0.191 e. The van der Waals surface area contributed by atoms with Crippen LogP contribution in [0.1, 0.15) is 23.6 Å². The number of nitrogens with one attached hydrogen (secondary N) is 2. The van der Waals surface area contributed by atoms with Gasteiger partial charge in [0.2, 0.25) is 0 Å². The molecule has 0 aliphatic carbocycles. The molecule has 0 radical (unpaired) electrons. The van der Waals surface area contributed by atoms with Crippen molar-refractivity contribution < 1.29 is 8.42 Å². The van der Waals surface area contributed by atoms with Gasteiger partial charge in [0, 0.05) is 38.1 Å². The van der Waals surface area contributed by atoms with Gasteiger partial charge in [-0.3, -0.25) is 0 Å². The van der Waals surface area contributed by atoms with E-state index >= 15 is 0 Å². The first-order valence-electron chi connectivity index (χ1n) is 10.2. The van der Waals surface area contributed by atoms with E-state index in [-0.39, 0.29) is 24.0 Å². The van der Waals surface area contributed by atoms with E-state index in [0.29, 0.717) is 18.0 Å². The molecule has 1 aliphatic heterocycles. The van der Waals surface area contributed by atoms with E-state index in [1.165, 1.54) is 11.9 Å². The Morgan fingerprint density at radius 3 is 2.45 bits per heavy atom. The number of sulfone groups is 1. The molecule has 0 saturated carbocycles. The van der Waals surface area contributed by atoms with Crippen molar-refractivity contribution in [2.24, 2.45) is 4.99 Å². The van der Waals surface area contributed by atoms with Crippen molar-refractivity contribution in [3.63, 3.8) is 0 Å². The number of hydrogen-bond donors (Lipinski definition) is 2. The van der Waals surface area contributed by atoms with Crippen molar-refractivity contribution in [1.29, 1.82) is 0 Å². The lowest BCUT2D eigenvalue weighted by atomic mass is 10.1. The zero-order valence-electron chi connectivity index (χ0n) is 18.3. The molecule has 0 atom stereocenters. The summed E-state index contributed by atoms with van der Waals surface area (Å²) in [5.41, 5.74) is 4.14. The normalized spacial score (nSPS) is 13.8. The van der Waals surface area contributed by atoms with Crippen molar-refractivity contribution in [2.75, 3.05) is 30.8 Å². The number of guanidine groups is 1. The standard InChI is InChI=1S/C23H30N4O2S.HI/c1-4-24-23(26-17-20-10-11-22(18(2)14-20)30(3,28)29)25-16-19-8-7-9-21(15-19)27-12-5-6-13-27;/h5-11,14-15H,4,12-13,16-17H2,1-3H3,(H2,24,25,26);1H. The maximum absolute atomic E-state index is 11.8. The van der Waals surface area contributed by atoms with E-state index in [0.717, 1.165) is 42.3 Å². The third-order valence-electron chi connectivity index (χ3n) is 4.96. The Bertz CT molecular complexity index is 1040. The molecule has 8 heteroatoms. The number of anilines is 1. The second-order valence-electron chi connectivity index (χ2n) is 7.47. The van der Waals surface area contributed by atoms with Crippen LogP contribution in [0.25, 0.3) is 0 Å². The number of rotatable bonds is 7. The summed E-state index contributed by atoms with van der Waals surface area (Å²) in [7, 11) is -3.20. The third kappa shape index (κ3) is 7.24. The fourth-order valence-electron chi connectivity index (χ4n) is 3.48. The predicted molar refractivity (Wildman–Crippen MR) is 139 cm³/mol. The monoisotopic (exact) mass is 554 g/mol. The fraction of sp³-hybridized carbons (Fsp3) is 0.348. The Hall–Kier alpha value is -2.07. The summed E-state index contributed by atoms with van der Waals surface area (Å²) < 4.78 is 23.6. The van der Waals surface area contributed by atoms with E-state index in [9.17, 15) is 8.42 Å². The highest BCUT2D eigenvalue weighted by Crippen LogP contribution is 2.19. The van der Waals surface area contributed by atoms with Crippen LogP contribution in [-0.2, 0) is 22.9 Å². The highest BCUT2D eigenvalue weighted by Gasteiger charge is 2.11. The van der Waals surface area contributed by atoms with E-state index in [1.807, 2.05) is 26.0 Å². The molecule has 2 aromatic rings. The van der Waals surface area contributed by atoms with E-state index in [4.69, 9.17) is 4.99 Å². The molecule has 2 N–H and O–H groups in total. The quantitative estimate of drug-likeness (QED) is 0.237. The van der Waals surface area contributed by atoms with E-state index < -0.39 is 9.84 Å². The summed E-state index contributed by atoms with van der Waals surface area (Å²) >= 11 is 0. The van der Waals surface area contributed by atoms with Crippen LogP contribution in [0.5, 0.6) is 0 Å². The van der Waals surface area contributed by atoms with Crippen molar-refractivity contribution in [3.8, 4) is 0 Å². The molecule has 1 heterocycles. The number of benzene rings is 2. The zero-order valence-corrected chi connectivity index (χ0v) is 21.4. The van der Waals surface area contributed by atoms with Crippen LogP contribution in [0.3, 0.4) is 0 Å². The summed E-state index contributed by atoms with van der Waals surface area (Å²) in [6.45, 7) is 7.66. The van der Waals surface area contributed by atoms with Gasteiger partial charge in [-0.2, -0.15) is 0 Å². The molecule has 168 valence electrons. The second-order valence-corrected chi connectivity index (χ2v) is 9.45. The third-order valence-corrected chi connectivity index (χ3v) is 6.21. The number of aryl methyl sites for hydroxylation is 1. The van der Waals surface area contributed by atoms with Crippen LogP contribution in [-0.4, -0.2) is 40.3 Å². The minimum absolute atomic E-state index is 0. The molecule has 0 spiro atoms. The Morgan fingerprint density at radius 2 is 1.81 bits per heavy atom. The zero-order chi connectivity index (χ0) is 21.6. The molecule has 0 amide bonds. The van der Waals surface area contributed by atoms with Crippen LogP contribution in [0.2, 0.25) is 0 Å². The Labute approximate surface area is 202 Å². The minimum atomic E-state index is -3.20. The van der Waals surface area contributed by atoms with Crippen LogP contribution in [0.15, 0.2) is 64.5 Å². The highest BCUT2D eigenvalue weighted by molar-refractivity contribution is 14.0. The molecule has 0 unspecified atom stereocenters. The summed E-state index contributed by atoms with van der Waals surface area (Å²) in [6.07, 6.45) is 5.60. The van der Waals surface area contributed by atoms with Crippen molar-refractivity contribution in [1.82, 2.24) is 10.6 Å². The average Bonchev–Trinajstić information content (AvgIpc) is 3.24. The Kier molecular flexibility index (Phi) is 9.36. The first kappa shape index (κ1) is 25.2. The van der Waals surface area contributed by atoms with Gasteiger partial charge in [0.15, 0.2) is 15.8 Å². The molecule has 6 nitrogen and oxygen atoms in total. The van der Waals surface area contributed by atoms with Gasteiger partial charge >= 0.3 is 0 Å². The van der Waals surface area contributed by atoms with E-state index in [1.54, 1.807) is 6.07 Å². The lowest BCUT2D eigenvalue weighted by Gasteiger charge is -2.18. The highest BCUT2D eigenvalue weighted by atomic mass is 127. The van der Waals surface area contributed by atoms with Crippen LogP contribution in [0.4, 0.5) is 5.69 Å². The largest absolute Gasteiger partial charge is 0.364 e. The maximum Gasteiger partial charge on any atom is 0.191 e. The van der Waals surface area contributed by atoms with Crippen LogP contribution in [0, 0.1) is 6.92 Å². The van der Waals surface area contributed by atoms with Gasteiger partial charge in [0.1, 0.15) is 0 Å². The molecule has 2 aromatic carbocycles. The molecular formula is C23H31IN4O2S. The molecule has 0 aromatic heterocycles. The number of aliphatic imine (C=N–C) groups is 1. The van der Waals surface area contributed by atoms with Gasteiger partial charge in [-0.1, -0.05) is 36.4 Å². The predicted octanol–water partition coefficient (Wildman–Crippen LogP) is 3.65. The first-order chi connectivity index (χ1) is 14.4. The number of halogens is 1. The summed E-state index contributed by atoms with van der Waals surface area (Å²) in [5.74, 6) is 0.732. The first-order valence-corrected chi connectivity index (χ1v) is 12.1. The molecular weight excluding hydrogens is 523 g/mol. The summed E-state index contributed by atoms with van der Waals surface area (Å²) in [4.78, 5) is 7.40. The van der Waals surface area contributed by atoms with Gasteiger partial charge in [0.05, 0.1) is 11.4 Å². The maximum atomic E-state index is 11.8. The Balaban J connectivity index is 0.00000341. The van der Waals surface area contributed by atoms with Gasteiger partial charge in [-0.25, -0.2) is 13.4 Å². The number of hydrogen-bond acceptors (Lipinski definition) is 4. The SMILES string of the molecule is CCNC(=NCc1cccc(N2CC=CC2)c1)NCc1ccc(S(C)(=O)=O)c(C)c1.I. The lowest BCUT2D eigenvalue weighted by molar-refractivity contribution is 0.601. The lowest BCUT2D eigenvalue weighted by Crippen LogP contribution is -2.36. The van der Waals surface area contributed by atoms with E-state index in [2.05, 4.69) is 52.0 Å². The van der Waals surface area contributed by atoms with Crippen molar-refractivity contribution in [3.05, 3.63) is 71.3 Å². The van der Waals surface area contributed by atoms with Crippen LogP contribution < -0.4 is 15.5 Å². The van der Waals surface area contributed by atoms with Crippen molar-refractivity contribution >= 4 is 45.5 Å². The molecule has 3 rings (SSSR count). The summed E-state index contributed by atoms with van der Waals surface area (Å²) in [6, 6.07) is 13.9. The fourth-order valence-corrected chi connectivity index (χ4v) is 4.43. The minimum Gasteiger partial charge on any atom is -0.364 e. The van der Waals surface area contributed by atoms with Crippen LogP contribution >= 0.6 is 24.0 Å². The molecule has 0 bridgehead atoms. The number of nitrogens with zero attached hydrogens (tertiary/aromatic N) is 2. The van der Waals surface area contributed by atoms with Gasteiger partial charge in [0.25, 0.3) is 0 Å². The van der Waals surface area contributed by atoms with Crippen molar-refractivity contribution in [2.45, 2.75) is 31.8 Å². The van der Waals surface area contributed by atoms with Gasteiger partial charge in [-0.15, -0.1) is 24.0 Å². The average molecular weight is 554 g/mol. The molecule has 0 fully saturated rings. The summed E-state index contributed by atoms with van der Waals surface area (Å²) in [5, 5.41) is 6.60.